The zero-order valence-corrected chi connectivity index (χ0v) is 10.3. The van der Waals surface area contributed by atoms with Crippen molar-refractivity contribution in [3.05, 3.63) is 34.3 Å². The average Bonchev–Trinajstić information content (AvgIpc) is 2.31. The molecule has 0 fully saturated rings. The minimum absolute atomic E-state index is 0.379. The normalized spacial score (nSPS) is 9.94. The topological polar surface area (TPSA) is 38.3 Å². The summed E-state index contributed by atoms with van der Waals surface area (Å²) in [6.07, 6.45) is 1.21. The molecule has 1 N–H and O–H groups in total. The van der Waals surface area contributed by atoms with Gasteiger partial charge >= 0.3 is 6.09 Å². The van der Waals surface area contributed by atoms with Gasteiger partial charge in [-0.2, -0.15) is 0 Å². The minimum atomic E-state index is -0.398. The van der Waals surface area contributed by atoms with E-state index in [2.05, 4.69) is 18.3 Å². The lowest BCUT2D eigenvalue weighted by Crippen LogP contribution is -2.20. The standard InChI is InChI=1S/C12H16ClNO2/c1-3-10-8-9(4-5-11(10)13)6-7-16-12(15)14-2/h4-5,8H,3,6-7H2,1-2H3,(H,14,15). The van der Waals surface area contributed by atoms with Crippen molar-refractivity contribution in [2.45, 2.75) is 19.8 Å². The van der Waals surface area contributed by atoms with Crippen molar-refractivity contribution in [1.82, 2.24) is 5.32 Å². The molecule has 0 aliphatic carbocycles. The first-order valence-corrected chi connectivity index (χ1v) is 5.67. The number of amides is 1. The molecule has 4 heteroatoms. The number of halogens is 1. The van der Waals surface area contributed by atoms with E-state index in [9.17, 15) is 4.79 Å². The summed E-state index contributed by atoms with van der Waals surface area (Å²) in [6.45, 7) is 2.44. The van der Waals surface area contributed by atoms with Crippen molar-refractivity contribution < 1.29 is 9.53 Å². The summed E-state index contributed by atoms with van der Waals surface area (Å²) in [4.78, 5) is 10.8. The predicted molar refractivity (Wildman–Crippen MR) is 64.9 cm³/mol. The number of hydrogen-bond acceptors (Lipinski definition) is 2. The third-order valence-corrected chi connectivity index (χ3v) is 2.69. The lowest BCUT2D eigenvalue weighted by Gasteiger charge is -2.06. The van der Waals surface area contributed by atoms with Crippen molar-refractivity contribution in [3.8, 4) is 0 Å². The van der Waals surface area contributed by atoms with E-state index in [1.807, 2.05) is 12.1 Å². The van der Waals surface area contributed by atoms with Crippen LogP contribution in [0.4, 0.5) is 4.79 Å². The molecule has 1 amide bonds. The van der Waals surface area contributed by atoms with Gasteiger partial charge < -0.3 is 10.1 Å². The van der Waals surface area contributed by atoms with Crippen LogP contribution in [0.15, 0.2) is 18.2 Å². The van der Waals surface area contributed by atoms with E-state index in [1.54, 1.807) is 7.05 Å². The molecule has 0 aliphatic heterocycles. The lowest BCUT2D eigenvalue weighted by molar-refractivity contribution is 0.150. The molecule has 1 aromatic carbocycles. The number of aryl methyl sites for hydroxylation is 1. The first-order chi connectivity index (χ1) is 7.67. The van der Waals surface area contributed by atoms with Crippen LogP contribution < -0.4 is 5.32 Å². The Kier molecular flexibility index (Phi) is 5.12. The molecule has 0 heterocycles. The quantitative estimate of drug-likeness (QED) is 0.880. The molecule has 0 bridgehead atoms. The summed E-state index contributed by atoms with van der Waals surface area (Å²) >= 11 is 6.01. The maximum atomic E-state index is 10.8. The molecule has 0 saturated heterocycles. The number of ether oxygens (including phenoxy) is 1. The number of alkyl carbamates (subject to hydrolysis) is 1. The zero-order chi connectivity index (χ0) is 12.0. The summed E-state index contributed by atoms with van der Waals surface area (Å²) in [5, 5.41) is 3.19. The monoisotopic (exact) mass is 241 g/mol. The molecule has 0 unspecified atom stereocenters. The van der Waals surface area contributed by atoms with Gasteiger partial charge in [0.05, 0.1) is 6.61 Å². The van der Waals surface area contributed by atoms with Crippen LogP contribution in [-0.2, 0) is 17.6 Å². The maximum Gasteiger partial charge on any atom is 0.406 e. The Morgan fingerprint density at radius 1 is 1.50 bits per heavy atom. The highest BCUT2D eigenvalue weighted by Crippen LogP contribution is 2.18. The maximum absolute atomic E-state index is 10.8. The number of nitrogens with one attached hydrogen (secondary N) is 1. The van der Waals surface area contributed by atoms with Crippen molar-refractivity contribution in [3.63, 3.8) is 0 Å². The minimum Gasteiger partial charge on any atom is -0.449 e. The van der Waals surface area contributed by atoms with E-state index in [4.69, 9.17) is 16.3 Å². The Labute approximate surface area is 101 Å². The van der Waals surface area contributed by atoms with Gasteiger partial charge in [-0.25, -0.2) is 4.79 Å². The van der Waals surface area contributed by atoms with Gasteiger partial charge in [0.25, 0.3) is 0 Å². The van der Waals surface area contributed by atoms with E-state index in [-0.39, 0.29) is 0 Å². The van der Waals surface area contributed by atoms with Crippen LogP contribution in [0.2, 0.25) is 5.02 Å². The van der Waals surface area contributed by atoms with Gasteiger partial charge in [0.15, 0.2) is 0 Å². The van der Waals surface area contributed by atoms with E-state index in [0.29, 0.717) is 13.0 Å². The molecular formula is C12H16ClNO2. The van der Waals surface area contributed by atoms with Crippen LogP contribution in [0.1, 0.15) is 18.1 Å². The number of rotatable bonds is 4. The van der Waals surface area contributed by atoms with Gasteiger partial charge in [-0.05, 0) is 23.6 Å². The first kappa shape index (κ1) is 12.8. The summed E-state index contributed by atoms with van der Waals surface area (Å²) in [5.41, 5.74) is 2.25. The number of hydrogen-bond donors (Lipinski definition) is 1. The van der Waals surface area contributed by atoms with Crippen LogP contribution in [0, 0.1) is 0 Å². The summed E-state index contributed by atoms with van der Waals surface area (Å²) in [7, 11) is 1.54. The Balaban J connectivity index is 2.51. The van der Waals surface area contributed by atoms with Gasteiger partial charge in [-0.3, -0.25) is 0 Å². The molecular weight excluding hydrogens is 226 g/mol. The molecule has 16 heavy (non-hydrogen) atoms. The molecule has 0 aromatic heterocycles. The highest BCUT2D eigenvalue weighted by atomic mass is 35.5. The number of carbonyl (C=O) groups is 1. The van der Waals surface area contributed by atoms with Gasteiger partial charge in [-0.15, -0.1) is 0 Å². The Hall–Kier alpha value is -1.22. The smallest absolute Gasteiger partial charge is 0.406 e. The molecule has 0 radical (unpaired) electrons. The van der Waals surface area contributed by atoms with Crippen LogP contribution in [0.5, 0.6) is 0 Å². The Morgan fingerprint density at radius 2 is 2.25 bits per heavy atom. The van der Waals surface area contributed by atoms with Crippen molar-refractivity contribution in [2.75, 3.05) is 13.7 Å². The second-order valence-electron chi connectivity index (χ2n) is 3.42. The molecule has 0 spiro atoms. The second kappa shape index (κ2) is 6.38. The highest BCUT2D eigenvalue weighted by Gasteiger charge is 2.02. The second-order valence-corrected chi connectivity index (χ2v) is 3.82. The number of carbonyl (C=O) groups excluding carboxylic acids is 1. The SMILES string of the molecule is CCc1cc(CCOC(=O)NC)ccc1Cl. The van der Waals surface area contributed by atoms with E-state index in [0.717, 1.165) is 22.6 Å². The van der Waals surface area contributed by atoms with Crippen molar-refractivity contribution in [1.29, 1.82) is 0 Å². The summed E-state index contributed by atoms with van der Waals surface area (Å²) < 4.78 is 4.92. The molecule has 0 saturated carbocycles. The molecule has 1 rings (SSSR count). The molecule has 1 aromatic rings. The fourth-order valence-corrected chi connectivity index (χ4v) is 1.64. The third-order valence-electron chi connectivity index (χ3n) is 2.32. The van der Waals surface area contributed by atoms with Gasteiger partial charge in [0.2, 0.25) is 0 Å². The van der Waals surface area contributed by atoms with Crippen molar-refractivity contribution in [2.24, 2.45) is 0 Å². The number of benzene rings is 1. The fourth-order valence-electron chi connectivity index (χ4n) is 1.39. The average molecular weight is 242 g/mol. The highest BCUT2D eigenvalue weighted by molar-refractivity contribution is 6.31. The molecule has 3 nitrogen and oxygen atoms in total. The van der Waals surface area contributed by atoms with Crippen LogP contribution in [0.25, 0.3) is 0 Å². The van der Waals surface area contributed by atoms with Crippen LogP contribution in [0.3, 0.4) is 0 Å². The van der Waals surface area contributed by atoms with Crippen molar-refractivity contribution >= 4 is 17.7 Å². The van der Waals surface area contributed by atoms with E-state index < -0.39 is 6.09 Å². The van der Waals surface area contributed by atoms with Crippen LogP contribution >= 0.6 is 11.6 Å². The van der Waals surface area contributed by atoms with Gasteiger partial charge in [0.1, 0.15) is 0 Å². The fraction of sp³-hybridized carbons (Fsp3) is 0.417. The summed E-state index contributed by atoms with van der Waals surface area (Å²) in [6, 6.07) is 5.89. The third kappa shape index (κ3) is 3.74. The molecule has 0 aliphatic rings. The molecule has 88 valence electrons. The van der Waals surface area contributed by atoms with Crippen LogP contribution in [-0.4, -0.2) is 19.7 Å². The predicted octanol–water partition coefficient (Wildman–Crippen LogP) is 2.80. The summed E-state index contributed by atoms with van der Waals surface area (Å²) in [5.74, 6) is 0. The zero-order valence-electron chi connectivity index (χ0n) is 9.55. The Morgan fingerprint density at radius 3 is 2.88 bits per heavy atom. The van der Waals surface area contributed by atoms with Gasteiger partial charge in [-0.1, -0.05) is 30.7 Å². The van der Waals surface area contributed by atoms with E-state index in [1.165, 1.54) is 0 Å². The first-order valence-electron chi connectivity index (χ1n) is 5.29. The lowest BCUT2D eigenvalue weighted by atomic mass is 10.1. The largest absolute Gasteiger partial charge is 0.449 e. The molecule has 0 atom stereocenters. The Bertz CT molecular complexity index is 366. The van der Waals surface area contributed by atoms with E-state index >= 15 is 0 Å². The van der Waals surface area contributed by atoms with Gasteiger partial charge in [0, 0.05) is 18.5 Å².